The number of carbonyl (C=O) groups is 1. The summed E-state index contributed by atoms with van der Waals surface area (Å²) in [6.07, 6.45) is 3.72. The Balaban J connectivity index is 1.52. The number of hydrogen-bond acceptors (Lipinski definition) is 5. The zero-order valence-corrected chi connectivity index (χ0v) is 11.1. The molecule has 6 heteroatoms. The Morgan fingerprint density at radius 3 is 3.20 bits per heavy atom. The SMILES string of the molecule is O=C(NCCC1CCNC1)c1cc(-c2ccco2)on1. The molecule has 0 bridgehead atoms. The lowest BCUT2D eigenvalue weighted by Crippen LogP contribution is -2.26. The third-order valence-electron chi connectivity index (χ3n) is 3.51. The van der Waals surface area contributed by atoms with Gasteiger partial charge in [-0.3, -0.25) is 4.79 Å². The second kappa shape index (κ2) is 5.92. The van der Waals surface area contributed by atoms with Crippen LogP contribution in [0.25, 0.3) is 11.5 Å². The van der Waals surface area contributed by atoms with Crippen LogP contribution in [0.2, 0.25) is 0 Å². The molecule has 1 aliphatic heterocycles. The molecule has 1 fully saturated rings. The first kappa shape index (κ1) is 12.9. The van der Waals surface area contributed by atoms with Crippen molar-refractivity contribution in [3.63, 3.8) is 0 Å². The lowest BCUT2D eigenvalue weighted by molar-refractivity contribution is 0.0942. The van der Waals surface area contributed by atoms with E-state index in [-0.39, 0.29) is 11.6 Å². The predicted octanol–water partition coefficient (Wildman–Crippen LogP) is 1.66. The summed E-state index contributed by atoms with van der Waals surface area (Å²) < 4.78 is 10.3. The van der Waals surface area contributed by atoms with Crippen LogP contribution in [0.1, 0.15) is 23.3 Å². The Kier molecular flexibility index (Phi) is 3.83. The number of furan rings is 1. The third kappa shape index (κ3) is 2.91. The molecule has 0 saturated carbocycles. The van der Waals surface area contributed by atoms with Crippen molar-refractivity contribution in [1.29, 1.82) is 0 Å². The maximum absolute atomic E-state index is 11.9. The monoisotopic (exact) mass is 275 g/mol. The molecule has 1 aliphatic rings. The molecule has 2 aromatic heterocycles. The molecule has 1 saturated heterocycles. The molecule has 1 amide bonds. The van der Waals surface area contributed by atoms with Gasteiger partial charge in [-0.25, -0.2) is 0 Å². The van der Waals surface area contributed by atoms with Crippen LogP contribution in [0.3, 0.4) is 0 Å². The van der Waals surface area contributed by atoms with Gasteiger partial charge in [0.25, 0.3) is 5.91 Å². The van der Waals surface area contributed by atoms with Crippen LogP contribution in [0.4, 0.5) is 0 Å². The number of amides is 1. The van der Waals surface area contributed by atoms with Crippen LogP contribution < -0.4 is 10.6 Å². The minimum absolute atomic E-state index is 0.211. The average Bonchev–Trinajstić information content (AvgIpc) is 3.20. The van der Waals surface area contributed by atoms with E-state index >= 15 is 0 Å². The van der Waals surface area contributed by atoms with Crippen LogP contribution in [-0.4, -0.2) is 30.7 Å². The highest BCUT2D eigenvalue weighted by molar-refractivity contribution is 5.92. The summed E-state index contributed by atoms with van der Waals surface area (Å²) in [7, 11) is 0. The zero-order valence-electron chi connectivity index (χ0n) is 11.1. The fraction of sp³-hybridized carbons (Fsp3) is 0.429. The summed E-state index contributed by atoms with van der Waals surface area (Å²) in [6, 6.07) is 5.10. The van der Waals surface area contributed by atoms with Crippen molar-refractivity contribution < 1.29 is 13.7 Å². The second-order valence-electron chi connectivity index (χ2n) is 4.96. The Bertz CT molecular complexity index is 556. The molecule has 20 heavy (non-hydrogen) atoms. The molecule has 2 N–H and O–H groups in total. The van der Waals surface area contributed by atoms with Crippen molar-refractivity contribution in [2.45, 2.75) is 12.8 Å². The van der Waals surface area contributed by atoms with E-state index in [2.05, 4.69) is 15.8 Å². The fourth-order valence-electron chi connectivity index (χ4n) is 2.36. The Hall–Kier alpha value is -2.08. The Morgan fingerprint density at radius 1 is 1.50 bits per heavy atom. The number of carbonyl (C=O) groups excluding carboxylic acids is 1. The summed E-state index contributed by atoms with van der Waals surface area (Å²) >= 11 is 0. The smallest absolute Gasteiger partial charge is 0.273 e. The van der Waals surface area contributed by atoms with Crippen LogP contribution in [0.15, 0.2) is 33.4 Å². The van der Waals surface area contributed by atoms with Crippen molar-refractivity contribution in [1.82, 2.24) is 15.8 Å². The largest absolute Gasteiger partial charge is 0.461 e. The molecule has 3 heterocycles. The van der Waals surface area contributed by atoms with Crippen LogP contribution in [0.5, 0.6) is 0 Å². The van der Waals surface area contributed by atoms with Gasteiger partial charge in [-0.15, -0.1) is 0 Å². The van der Waals surface area contributed by atoms with Crippen molar-refractivity contribution in [2.75, 3.05) is 19.6 Å². The molecule has 2 aromatic rings. The summed E-state index contributed by atoms with van der Waals surface area (Å²) in [6.45, 7) is 2.78. The van der Waals surface area contributed by atoms with Crippen molar-refractivity contribution in [3.8, 4) is 11.5 Å². The lowest BCUT2D eigenvalue weighted by atomic mass is 10.1. The van der Waals surface area contributed by atoms with E-state index in [9.17, 15) is 4.79 Å². The number of rotatable bonds is 5. The molecule has 0 radical (unpaired) electrons. The molecule has 3 rings (SSSR count). The highest BCUT2D eigenvalue weighted by Crippen LogP contribution is 2.20. The van der Waals surface area contributed by atoms with E-state index in [0.717, 1.165) is 19.5 Å². The van der Waals surface area contributed by atoms with Crippen LogP contribution >= 0.6 is 0 Å². The van der Waals surface area contributed by atoms with Gasteiger partial charge < -0.3 is 19.6 Å². The van der Waals surface area contributed by atoms with Gasteiger partial charge in [0.05, 0.1) is 6.26 Å². The molecule has 6 nitrogen and oxygen atoms in total. The molecular formula is C14H17N3O3. The highest BCUT2D eigenvalue weighted by atomic mass is 16.5. The molecule has 0 aliphatic carbocycles. The van der Waals surface area contributed by atoms with Crippen molar-refractivity contribution >= 4 is 5.91 Å². The van der Waals surface area contributed by atoms with Crippen LogP contribution in [0, 0.1) is 5.92 Å². The quantitative estimate of drug-likeness (QED) is 0.867. The van der Waals surface area contributed by atoms with Gasteiger partial charge in [-0.1, -0.05) is 5.16 Å². The molecule has 1 unspecified atom stereocenters. The van der Waals surface area contributed by atoms with E-state index in [0.29, 0.717) is 24.0 Å². The summed E-state index contributed by atoms with van der Waals surface area (Å²) in [5, 5.41) is 9.94. The topological polar surface area (TPSA) is 80.3 Å². The van der Waals surface area contributed by atoms with E-state index in [1.807, 2.05) is 0 Å². The number of nitrogens with one attached hydrogen (secondary N) is 2. The first-order valence-corrected chi connectivity index (χ1v) is 6.82. The molecule has 0 aromatic carbocycles. The molecular weight excluding hydrogens is 258 g/mol. The zero-order chi connectivity index (χ0) is 13.8. The lowest BCUT2D eigenvalue weighted by Gasteiger charge is -2.07. The number of hydrogen-bond donors (Lipinski definition) is 2. The van der Waals surface area contributed by atoms with Crippen molar-refractivity contribution in [3.05, 3.63) is 30.2 Å². The molecule has 106 valence electrons. The van der Waals surface area contributed by atoms with Gasteiger partial charge in [0, 0.05) is 12.6 Å². The molecule has 1 atom stereocenters. The Labute approximate surface area is 116 Å². The van der Waals surface area contributed by atoms with Crippen LogP contribution in [-0.2, 0) is 0 Å². The van der Waals surface area contributed by atoms with Gasteiger partial charge in [-0.05, 0) is 44.0 Å². The summed E-state index contributed by atoms with van der Waals surface area (Å²) in [5.74, 6) is 1.47. The minimum Gasteiger partial charge on any atom is -0.461 e. The maximum atomic E-state index is 11.9. The summed E-state index contributed by atoms with van der Waals surface area (Å²) in [4.78, 5) is 11.9. The molecule has 0 spiro atoms. The number of aromatic nitrogens is 1. The minimum atomic E-state index is -0.211. The van der Waals surface area contributed by atoms with E-state index < -0.39 is 0 Å². The number of nitrogens with zero attached hydrogens (tertiary/aromatic N) is 1. The maximum Gasteiger partial charge on any atom is 0.273 e. The van der Waals surface area contributed by atoms with E-state index in [4.69, 9.17) is 8.94 Å². The van der Waals surface area contributed by atoms with Gasteiger partial charge in [0.2, 0.25) is 5.76 Å². The highest BCUT2D eigenvalue weighted by Gasteiger charge is 2.17. The standard InChI is InChI=1S/C14H17N3O3/c18-14(16-6-4-10-3-5-15-9-10)11-8-13(20-17-11)12-2-1-7-19-12/h1-2,7-8,10,15H,3-6,9H2,(H,16,18). The average molecular weight is 275 g/mol. The summed E-state index contributed by atoms with van der Waals surface area (Å²) in [5.41, 5.74) is 0.279. The first-order chi connectivity index (χ1) is 9.83. The second-order valence-corrected chi connectivity index (χ2v) is 4.96. The van der Waals surface area contributed by atoms with Gasteiger partial charge in [0.15, 0.2) is 11.5 Å². The first-order valence-electron chi connectivity index (χ1n) is 6.82. The van der Waals surface area contributed by atoms with Gasteiger partial charge in [-0.2, -0.15) is 0 Å². The van der Waals surface area contributed by atoms with E-state index in [1.165, 1.54) is 6.42 Å². The Morgan fingerprint density at radius 2 is 2.45 bits per heavy atom. The van der Waals surface area contributed by atoms with Gasteiger partial charge in [0.1, 0.15) is 0 Å². The van der Waals surface area contributed by atoms with Crippen molar-refractivity contribution in [2.24, 2.45) is 5.92 Å². The third-order valence-corrected chi connectivity index (χ3v) is 3.51. The predicted molar refractivity (Wildman–Crippen MR) is 72.1 cm³/mol. The van der Waals surface area contributed by atoms with E-state index in [1.54, 1.807) is 24.5 Å². The van der Waals surface area contributed by atoms with Gasteiger partial charge >= 0.3 is 0 Å². The fourth-order valence-corrected chi connectivity index (χ4v) is 2.36. The normalized spacial score (nSPS) is 18.3.